The van der Waals surface area contributed by atoms with Gasteiger partial charge in [0.1, 0.15) is 0 Å². The van der Waals surface area contributed by atoms with E-state index in [1.54, 1.807) is 0 Å². The number of hydrogen-bond donors (Lipinski definition) is 1. The van der Waals surface area contributed by atoms with E-state index in [-0.39, 0.29) is 11.8 Å². The summed E-state index contributed by atoms with van der Waals surface area (Å²) in [5, 5.41) is 0. The van der Waals surface area contributed by atoms with E-state index >= 15 is 0 Å². The monoisotopic (exact) mass is 302 g/mol. The van der Waals surface area contributed by atoms with Crippen LogP contribution in [0.4, 0.5) is 0 Å². The topological polar surface area (TPSA) is 63.4 Å². The van der Waals surface area contributed by atoms with Crippen LogP contribution in [0.2, 0.25) is 0 Å². The van der Waals surface area contributed by atoms with Gasteiger partial charge in [0.05, 0.1) is 0 Å². The van der Waals surface area contributed by atoms with E-state index in [4.69, 9.17) is 5.73 Å². The zero-order valence-electron chi connectivity index (χ0n) is 13.2. The Bertz CT molecular complexity index is 492. The lowest BCUT2D eigenvalue weighted by Crippen LogP contribution is -2.32. The van der Waals surface area contributed by atoms with E-state index in [1.807, 2.05) is 4.90 Å². The molecule has 4 heteroatoms. The largest absolute Gasteiger partial charge is 0.370 e. The highest BCUT2D eigenvalue weighted by molar-refractivity contribution is 5.76. The molecule has 22 heavy (non-hydrogen) atoms. The zero-order valence-corrected chi connectivity index (χ0v) is 13.2. The third kappa shape index (κ3) is 5.51. The van der Waals surface area contributed by atoms with Crippen molar-refractivity contribution in [3.8, 4) is 0 Å². The van der Waals surface area contributed by atoms with Gasteiger partial charge in [-0.1, -0.05) is 49.9 Å². The molecular formula is C18H26N2O2. The average molecular weight is 302 g/mol. The molecule has 1 heterocycles. The molecule has 0 atom stereocenters. The number of hydrogen-bond acceptors (Lipinski definition) is 2. The summed E-state index contributed by atoms with van der Waals surface area (Å²) < 4.78 is 0. The number of nitrogens with zero attached hydrogens (tertiary/aromatic N) is 1. The fourth-order valence-corrected chi connectivity index (χ4v) is 2.94. The van der Waals surface area contributed by atoms with Gasteiger partial charge in [-0.25, -0.2) is 0 Å². The van der Waals surface area contributed by atoms with E-state index < -0.39 is 0 Å². The van der Waals surface area contributed by atoms with Crippen LogP contribution in [0.3, 0.4) is 0 Å². The van der Waals surface area contributed by atoms with Crippen LogP contribution in [0.5, 0.6) is 0 Å². The van der Waals surface area contributed by atoms with Gasteiger partial charge in [0, 0.05) is 25.9 Å². The SMILES string of the molecule is NC(=O)CCCCCCCCC(=O)N1Cc2cccc(c2)C1. The quantitative estimate of drug-likeness (QED) is 0.712. The van der Waals surface area contributed by atoms with Crippen molar-refractivity contribution in [1.82, 2.24) is 4.90 Å². The molecule has 0 radical (unpaired) electrons. The first-order chi connectivity index (χ1) is 10.6. The third-order valence-corrected chi connectivity index (χ3v) is 4.15. The highest BCUT2D eigenvalue weighted by atomic mass is 16.2. The van der Waals surface area contributed by atoms with Gasteiger partial charge in [-0.2, -0.15) is 0 Å². The van der Waals surface area contributed by atoms with Crippen LogP contribution in [0.25, 0.3) is 0 Å². The minimum Gasteiger partial charge on any atom is -0.370 e. The molecule has 0 fully saturated rings. The fraction of sp³-hybridized carbons (Fsp3) is 0.556. The molecule has 2 amide bonds. The molecule has 4 nitrogen and oxygen atoms in total. The summed E-state index contributed by atoms with van der Waals surface area (Å²) in [5.41, 5.74) is 7.56. The van der Waals surface area contributed by atoms with Gasteiger partial charge in [0.15, 0.2) is 0 Å². The van der Waals surface area contributed by atoms with Gasteiger partial charge in [-0.15, -0.1) is 0 Å². The summed E-state index contributed by atoms with van der Waals surface area (Å²) in [4.78, 5) is 24.8. The summed E-state index contributed by atoms with van der Waals surface area (Å²) in [6.45, 7) is 1.50. The van der Waals surface area contributed by atoms with Crippen molar-refractivity contribution >= 4 is 11.8 Å². The van der Waals surface area contributed by atoms with Gasteiger partial charge in [-0.3, -0.25) is 9.59 Å². The van der Waals surface area contributed by atoms with Crippen LogP contribution in [0.1, 0.15) is 62.5 Å². The third-order valence-electron chi connectivity index (χ3n) is 4.15. The Morgan fingerprint density at radius 1 is 0.909 bits per heavy atom. The molecule has 2 bridgehead atoms. The van der Waals surface area contributed by atoms with Crippen LogP contribution >= 0.6 is 0 Å². The molecule has 120 valence electrons. The summed E-state index contributed by atoms with van der Waals surface area (Å²) >= 11 is 0. The van der Waals surface area contributed by atoms with Crippen molar-refractivity contribution in [3.05, 3.63) is 35.4 Å². The molecule has 2 rings (SSSR count). The second-order valence-corrected chi connectivity index (χ2v) is 6.16. The average Bonchev–Trinajstić information content (AvgIpc) is 2.49. The normalized spacial score (nSPS) is 13.2. The van der Waals surface area contributed by atoms with Crippen LogP contribution in [0, 0.1) is 0 Å². The number of nitrogens with two attached hydrogens (primary N) is 1. The van der Waals surface area contributed by atoms with Gasteiger partial charge in [0.25, 0.3) is 0 Å². The maximum Gasteiger partial charge on any atom is 0.223 e. The molecule has 1 aliphatic rings. The molecule has 0 aliphatic carbocycles. The van der Waals surface area contributed by atoms with E-state index in [0.717, 1.165) is 51.6 Å². The molecule has 0 saturated carbocycles. The second-order valence-electron chi connectivity index (χ2n) is 6.16. The van der Waals surface area contributed by atoms with Gasteiger partial charge in [0.2, 0.25) is 11.8 Å². The van der Waals surface area contributed by atoms with Crippen molar-refractivity contribution in [1.29, 1.82) is 0 Å². The minimum atomic E-state index is -0.211. The van der Waals surface area contributed by atoms with Gasteiger partial charge >= 0.3 is 0 Å². The van der Waals surface area contributed by atoms with Crippen molar-refractivity contribution in [3.63, 3.8) is 0 Å². The Morgan fingerprint density at radius 2 is 1.45 bits per heavy atom. The van der Waals surface area contributed by atoms with E-state index in [1.165, 1.54) is 11.1 Å². The predicted octanol–water partition coefficient (Wildman–Crippen LogP) is 3.13. The number of amides is 2. The van der Waals surface area contributed by atoms with Crippen LogP contribution in [0.15, 0.2) is 24.3 Å². The predicted molar refractivity (Wildman–Crippen MR) is 86.8 cm³/mol. The van der Waals surface area contributed by atoms with Crippen molar-refractivity contribution in [2.24, 2.45) is 5.73 Å². The molecule has 1 aromatic carbocycles. The number of unbranched alkanes of at least 4 members (excludes halogenated alkanes) is 5. The molecule has 0 spiro atoms. The number of carbonyl (C=O) groups is 2. The van der Waals surface area contributed by atoms with Crippen molar-refractivity contribution < 1.29 is 9.59 Å². The first-order valence-corrected chi connectivity index (χ1v) is 8.29. The summed E-state index contributed by atoms with van der Waals surface area (Å²) in [7, 11) is 0. The number of benzene rings is 1. The van der Waals surface area contributed by atoms with Crippen molar-refractivity contribution in [2.45, 2.75) is 64.5 Å². The fourth-order valence-electron chi connectivity index (χ4n) is 2.94. The molecule has 0 unspecified atom stereocenters. The van der Waals surface area contributed by atoms with E-state index in [2.05, 4.69) is 24.3 Å². The lowest BCUT2D eigenvalue weighted by atomic mass is 10.0. The lowest BCUT2D eigenvalue weighted by molar-refractivity contribution is -0.132. The summed E-state index contributed by atoms with van der Waals surface area (Å²) in [5.74, 6) is 0.0532. The molecule has 1 aromatic rings. The molecule has 0 saturated heterocycles. The van der Waals surface area contributed by atoms with Crippen LogP contribution < -0.4 is 5.73 Å². The summed E-state index contributed by atoms with van der Waals surface area (Å²) in [6.07, 6.45) is 7.37. The van der Waals surface area contributed by atoms with Crippen LogP contribution in [-0.2, 0) is 22.7 Å². The maximum absolute atomic E-state index is 12.2. The zero-order chi connectivity index (χ0) is 15.8. The highest BCUT2D eigenvalue weighted by Crippen LogP contribution is 2.19. The lowest BCUT2D eigenvalue weighted by Gasteiger charge is -2.27. The van der Waals surface area contributed by atoms with E-state index in [9.17, 15) is 9.59 Å². The standard InChI is InChI=1S/C18H26N2O2/c19-17(21)10-5-3-1-2-4-6-11-18(22)20-13-15-8-7-9-16(12-15)14-20/h7-9,12H,1-6,10-11,13-14H2,(H2,19,21). The smallest absolute Gasteiger partial charge is 0.223 e. The maximum atomic E-state index is 12.2. The first-order valence-electron chi connectivity index (χ1n) is 8.29. The number of fused-ring (bicyclic) bond motifs is 2. The first kappa shape index (κ1) is 16.5. The van der Waals surface area contributed by atoms with Crippen molar-refractivity contribution in [2.75, 3.05) is 0 Å². The molecular weight excluding hydrogens is 276 g/mol. The number of carbonyl (C=O) groups excluding carboxylic acids is 2. The van der Waals surface area contributed by atoms with Crippen LogP contribution in [-0.4, -0.2) is 16.7 Å². The van der Waals surface area contributed by atoms with Gasteiger partial charge < -0.3 is 10.6 Å². The molecule has 0 aromatic heterocycles. The highest BCUT2D eigenvalue weighted by Gasteiger charge is 2.18. The Hall–Kier alpha value is -1.84. The molecule has 2 N–H and O–H groups in total. The number of rotatable bonds is 9. The summed E-state index contributed by atoms with van der Waals surface area (Å²) in [6, 6.07) is 8.39. The minimum absolute atomic E-state index is 0.211. The Kier molecular flexibility index (Phi) is 6.44. The Balaban J connectivity index is 1.54. The molecule has 1 aliphatic heterocycles. The number of primary amides is 1. The Labute approximate surface area is 132 Å². The second kappa shape index (κ2) is 8.57. The van der Waals surface area contributed by atoms with E-state index in [0.29, 0.717) is 12.8 Å². The Morgan fingerprint density at radius 3 is 2.05 bits per heavy atom. The van der Waals surface area contributed by atoms with Gasteiger partial charge in [-0.05, 0) is 24.0 Å².